The minimum Gasteiger partial charge on any atom is -0.386 e. The molecule has 19 heavy (non-hydrogen) atoms. The highest BCUT2D eigenvalue weighted by Gasteiger charge is 2.18. The lowest BCUT2D eigenvalue weighted by molar-refractivity contribution is 0.0912. The monoisotopic (exact) mass is 283 g/mol. The van der Waals surface area contributed by atoms with Crippen molar-refractivity contribution in [3.8, 4) is 0 Å². The number of rotatable bonds is 4. The first-order chi connectivity index (χ1) is 9.09. The fourth-order valence-corrected chi connectivity index (χ4v) is 2.25. The number of benzene rings is 1. The van der Waals surface area contributed by atoms with E-state index in [0.29, 0.717) is 5.56 Å². The van der Waals surface area contributed by atoms with Crippen molar-refractivity contribution in [3.05, 3.63) is 57.8 Å². The lowest BCUT2D eigenvalue weighted by atomic mass is 10.1. The number of nitrogens with one attached hydrogen (secondary N) is 1. The Morgan fingerprint density at radius 3 is 2.58 bits per heavy atom. The molecule has 0 saturated heterocycles. The van der Waals surface area contributed by atoms with E-state index in [0.717, 1.165) is 12.1 Å². The highest BCUT2D eigenvalue weighted by molar-refractivity contribution is 7.08. The zero-order valence-corrected chi connectivity index (χ0v) is 10.6. The quantitative estimate of drug-likeness (QED) is 0.905. The second-order valence-electron chi connectivity index (χ2n) is 3.87. The average molecular weight is 283 g/mol. The van der Waals surface area contributed by atoms with E-state index in [4.69, 9.17) is 0 Å². The van der Waals surface area contributed by atoms with Crippen molar-refractivity contribution >= 4 is 17.2 Å². The second kappa shape index (κ2) is 5.90. The summed E-state index contributed by atoms with van der Waals surface area (Å²) in [6.45, 7) is -0.257. The molecule has 1 amide bonds. The van der Waals surface area contributed by atoms with E-state index < -0.39 is 29.2 Å². The normalized spacial score (nSPS) is 12.2. The molecule has 0 spiro atoms. The van der Waals surface area contributed by atoms with E-state index in [2.05, 4.69) is 5.32 Å². The molecule has 0 saturated carbocycles. The largest absolute Gasteiger partial charge is 0.386 e. The van der Waals surface area contributed by atoms with Gasteiger partial charge in [-0.3, -0.25) is 4.79 Å². The molecule has 1 aromatic heterocycles. The lowest BCUT2D eigenvalue weighted by Gasteiger charge is -2.13. The number of amides is 1. The van der Waals surface area contributed by atoms with E-state index in [1.165, 1.54) is 17.4 Å². The van der Waals surface area contributed by atoms with Crippen LogP contribution in [-0.4, -0.2) is 17.6 Å². The van der Waals surface area contributed by atoms with Gasteiger partial charge in [0, 0.05) is 17.5 Å². The SMILES string of the molecule is O=C(NCC(O)c1c(F)cccc1F)c1ccsc1. The summed E-state index contributed by atoms with van der Waals surface area (Å²) in [6, 6.07) is 4.95. The molecule has 3 nitrogen and oxygen atoms in total. The molecule has 0 aliphatic heterocycles. The fraction of sp³-hybridized carbons (Fsp3) is 0.154. The van der Waals surface area contributed by atoms with Crippen LogP contribution in [0.1, 0.15) is 22.0 Å². The predicted octanol–water partition coefficient (Wildman–Crippen LogP) is 2.49. The summed E-state index contributed by atoms with van der Waals surface area (Å²) in [6.07, 6.45) is -1.43. The van der Waals surface area contributed by atoms with Gasteiger partial charge >= 0.3 is 0 Å². The van der Waals surface area contributed by atoms with Crippen molar-refractivity contribution in [1.29, 1.82) is 0 Å². The van der Waals surface area contributed by atoms with Gasteiger partial charge in [0.2, 0.25) is 0 Å². The van der Waals surface area contributed by atoms with Crippen molar-refractivity contribution in [3.63, 3.8) is 0 Å². The van der Waals surface area contributed by atoms with E-state index in [-0.39, 0.29) is 6.54 Å². The number of thiophene rings is 1. The molecule has 2 aromatic rings. The lowest BCUT2D eigenvalue weighted by Crippen LogP contribution is -2.28. The van der Waals surface area contributed by atoms with Crippen molar-refractivity contribution in [2.45, 2.75) is 6.10 Å². The van der Waals surface area contributed by atoms with Gasteiger partial charge in [0.1, 0.15) is 17.7 Å². The van der Waals surface area contributed by atoms with Gasteiger partial charge < -0.3 is 10.4 Å². The molecule has 0 aliphatic rings. The van der Waals surface area contributed by atoms with Gasteiger partial charge in [-0.1, -0.05) is 6.07 Å². The van der Waals surface area contributed by atoms with E-state index in [1.54, 1.807) is 16.8 Å². The van der Waals surface area contributed by atoms with E-state index >= 15 is 0 Å². The summed E-state index contributed by atoms with van der Waals surface area (Å²) in [7, 11) is 0. The third kappa shape index (κ3) is 3.15. The van der Waals surface area contributed by atoms with Crippen molar-refractivity contribution in [1.82, 2.24) is 5.32 Å². The van der Waals surface area contributed by atoms with Gasteiger partial charge in [0.05, 0.1) is 5.56 Å². The standard InChI is InChI=1S/C13H11F2NO2S/c14-9-2-1-3-10(15)12(9)11(17)6-16-13(18)8-4-5-19-7-8/h1-5,7,11,17H,6H2,(H,16,18). The molecule has 1 atom stereocenters. The molecule has 6 heteroatoms. The Kier molecular flexibility index (Phi) is 4.24. The highest BCUT2D eigenvalue weighted by Crippen LogP contribution is 2.20. The molecule has 0 radical (unpaired) electrons. The maximum Gasteiger partial charge on any atom is 0.252 e. The van der Waals surface area contributed by atoms with Crippen molar-refractivity contribution in [2.24, 2.45) is 0 Å². The summed E-state index contributed by atoms with van der Waals surface area (Å²) >= 11 is 1.36. The van der Waals surface area contributed by atoms with Gasteiger partial charge in [-0.25, -0.2) is 8.78 Å². The van der Waals surface area contributed by atoms with Gasteiger partial charge in [-0.15, -0.1) is 0 Å². The first kappa shape index (κ1) is 13.6. The third-order valence-corrected chi connectivity index (χ3v) is 3.26. The molecule has 0 bridgehead atoms. The maximum absolute atomic E-state index is 13.4. The first-order valence-corrected chi connectivity index (χ1v) is 6.46. The summed E-state index contributed by atoms with van der Waals surface area (Å²) in [5.41, 5.74) is 0.0133. The number of aliphatic hydroxyl groups is 1. The molecule has 0 aliphatic carbocycles. The van der Waals surface area contributed by atoms with Crippen LogP contribution in [0.5, 0.6) is 0 Å². The van der Waals surface area contributed by atoms with Crippen LogP contribution in [0.2, 0.25) is 0 Å². The van der Waals surface area contributed by atoms with Gasteiger partial charge in [-0.05, 0) is 23.6 Å². The molecule has 0 fully saturated rings. The predicted molar refractivity (Wildman–Crippen MR) is 68.0 cm³/mol. The Labute approximate surface area is 112 Å². The number of hydrogen-bond acceptors (Lipinski definition) is 3. The molecule has 2 rings (SSSR count). The van der Waals surface area contributed by atoms with Crippen LogP contribution in [0.15, 0.2) is 35.0 Å². The van der Waals surface area contributed by atoms with Crippen LogP contribution in [0.25, 0.3) is 0 Å². The minimum absolute atomic E-state index is 0.257. The highest BCUT2D eigenvalue weighted by atomic mass is 32.1. The summed E-state index contributed by atoms with van der Waals surface area (Å²) in [5.74, 6) is -2.06. The minimum atomic E-state index is -1.43. The van der Waals surface area contributed by atoms with Crippen LogP contribution < -0.4 is 5.32 Å². The number of aliphatic hydroxyl groups excluding tert-OH is 1. The van der Waals surface area contributed by atoms with Gasteiger partial charge in [0.25, 0.3) is 5.91 Å². The van der Waals surface area contributed by atoms with E-state index in [1.807, 2.05) is 0 Å². The van der Waals surface area contributed by atoms with Crippen LogP contribution in [-0.2, 0) is 0 Å². The van der Waals surface area contributed by atoms with Crippen LogP contribution >= 0.6 is 11.3 Å². The van der Waals surface area contributed by atoms with Crippen LogP contribution in [0.3, 0.4) is 0 Å². The zero-order chi connectivity index (χ0) is 13.8. The smallest absolute Gasteiger partial charge is 0.252 e. The Bertz CT molecular complexity index is 552. The molecule has 2 N–H and O–H groups in total. The number of hydrogen-bond donors (Lipinski definition) is 2. The first-order valence-electron chi connectivity index (χ1n) is 5.52. The van der Waals surface area contributed by atoms with E-state index in [9.17, 15) is 18.7 Å². The Hall–Kier alpha value is -1.79. The Morgan fingerprint density at radius 2 is 2.00 bits per heavy atom. The molecular weight excluding hydrogens is 272 g/mol. The number of carbonyl (C=O) groups is 1. The molecule has 1 aromatic carbocycles. The molecule has 100 valence electrons. The topological polar surface area (TPSA) is 49.3 Å². The second-order valence-corrected chi connectivity index (χ2v) is 4.65. The number of carbonyl (C=O) groups excluding carboxylic acids is 1. The third-order valence-electron chi connectivity index (χ3n) is 2.57. The Morgan fingerprint density at radius 1 is 1.32 bits per heavy atom. The van der Waals surface area contributed by atoms with Crippen molar-refractivity contribution in [2.75, 3.05) is 6.54 Å². The summed E-state index contributed by atoms with van der Waals surface area (Å²) < 4.78 is 26.8. The van der Waals surface area contributed by atoms with Gasteiger partial charge in [-0.2, -0.15) is 11.3 Å². The summed E-state index contributed by atoms with van der Waals surface area (Å²) in [4.78, 5) is 11.6. The average Bonchev–Trinajstić information content (AvgIpc) is 2.89. The fourth-order valence-electron chi connectivity index (χ4n) is 1.62. The number of halogens is 2. The molecule has 1 heterocycles. The van der Waals surface area contributed by atoms with Crippen molar-refractivity contribution < 1.29 is 18.7 Å². The van der Waals surface area contributed by atoms with Crippen LogP contribution in [0, 0.1) is 11.6 Å². The van der Waals surface area contributed by atoms with Gasteiger partial charge in [0.15, 0.2) is 0 Å². The Balaban J connectivity index is 2.02. The zero-order valence-electron chi connectivity index (χ0n) is 9.77. The maximum atomic E-state index is 13.4. The summed E-state index contributed by atoms with van der Waals surface area (Å²) in [5, 5.41) is 15.5. The molecular formula is C13H11F2NO2S. The van der Waals surface area contributed by atoms with Crippen LogP contribution in [0.4, 0.5) is 8.78 Å². The molecule has 1 unspecified atom stereocenters.